The number of halogens is 3. The second-order valence-electron chi connectivity index (χ2n) is 6.24. The van der Waals surface area contributed by atoms with Gasteiger partial charge in [-0.1, -0.05) is 36.4 Å². The third kappa shape index (κ3) is 3.71. The first-order valence-electron chi connectivity index (χ1n) is 8.19. The fourth-order valence-electron chi connectivity index (χ4n) is 3.12. The fraction of sp³-hybridized carbons (Fsp3) is 0.278. The summed E-state index contributed by atoms with van der Waals surface area (Å²) < 4.78 is 39.3. The number of alkyl halides is 3. The minimum absolute atomic E-state index is 0.0141. The van der Waals surface area contributed by atoms with Crippen LogP contribution in [0.4, 0.5) is 23.8 Å². The molecular formula is C18H17F3N4O2. The van der Waals surface area contributed by atoms with Crippen molar-refractivity contribution in [2.45, 2.75) is 31.6 Å². The maximum atomic E-state index is 13.1. The lowest BCUT2D eigenvalue weighted by Crippen LogP contribution is -2.55. The molecule has 9 heteroatoms. The number of pyridine rings is 1. The summed E-state index contributed by atoms with van der Waals surface area (Å²) in [6, 6.07) is 8.53. The zero-order chi connectivity index (χ0) is 19.8. The van der Waals surface area contributed by atoms with Crippen LogP contribution in [0.25, 0.3) is 0 Å². The molecule has 0 radical (unpaired) electrons. The third-order valence-electron chi connectivity index (χ3n) is 4.42. The molecule has 0 fully saturated rings. The van der Waals surface area contributed by atoms with Crippen LogP contribution in [-0.2, 0) is 17.4 Å². The Morgan fingerprint density at radius 2 is 1.93 bits per heavy atom. The lowest BCUT2D eigenvalue weighted by Gasteiger charge is -2.37. The van der Waals surface area contributed by atoms with Gasteiger partial charge in [-0.2, -0.15) is 13.2 Å². The summed E-state index contributed by atoms with van der Waals surface area (Å²) in [6.07, 6.45) is -4.62. The summed E-state index contributed by atoms with van der Waals surface area (Å²) >= 11 is 0. The number of urea groups is 1. The highest BCUT2D eigenvalue weighted by Crippen LogP contribution is 2.36. The van der Waals surface area contributed by atoms with Crippen molar-refractivity contribution in [1.82, 2.24) is 10.3 Å². The molecule has 1 aromatic carbocycles. The van der Waals surface area contributed by atoms with E-state index in [1.807, 2.05) is 0 Å². The van der Waals surface area contributed by atoms with E-state index in [4.69, 9.17) is 5.73 Å². The van der Waals surface area contributed by atoms with Crippen molar-refractivity contribution in [2.75, 3.05) is 4.90 Å². The van der Waals surface area contributed by atoms with E-state index in [0.717, 1.165) is 11.6 Å². The van der Waals surface area contributed by atoms with Gasteiger partial charge in [-0.25, -0.2) is 9.78 Å². The molecule has 2 heterocycles. The summed E-state index contributed by atoms with van der Waals surface area (Å²) in [5, 5.41) is 2.35. The first kappa shape index (κ1) is 18.7. The zero-order valence-electron chi connectivity index (χ0n) is 14.3. The van der Waals surface area contributed by atoms with Gasteiger partial charge in [0.2, 0.25) is 0 Å². The van der Waals surface area contributed by atoms with E-state index in [-0.39, 0.29) is 12.2 Å². The number of aromatic nitrogens is 1. The van der Waals surface area contributed by atoms with Crippen molar-refractivity contribution < 1.29 is 22.8 Å². The summed E-state index contributed by atoms with van der Waals surface area (Å²) in [7, 11) is 0. The number of primary amides is 1. The minimum Gasteiger partial charge on any atom is -0.352 e. The van der Waals surface area contributed by atoms with Crippen molar-refractivity contribution in [3.05, 3.63) is 59.3 Å². The Labute approximate surface area is 153 Å². The predicted molar refractivity (Wildman–Crippen MR) is 91.8 cm³/mol. The summed E-state index contributed by atoms with van der Waals surface area (Å²) in [4.78, 5) is 29.1. The van der Waals surface area contributed by atoms with Crippen LogP contribution in [-0.4, -0.2) is 23.0 Å². The van der Waals surface area contributed by atoms with Crippen molar-refractivity contribution in [2.24, 2.45) is 5.73 Å². The van der Waals surface area contributed by atoms with Crippen LogP contribution in [0.3, 0.4) is 0 Å². The second kappa shape index (κ2) is 6.90. The number of nitrogens with two attached hydrogens (primary N) is 1. The van der Waals surface area contributed by atoms with Gasteiger partial charge in [0.25, 0.3) is 5.91 Å². The van der Waals surface area contributed by atoms with E-state index in [9.17, 15) is 22.8 Å². The van der Waals surface area contributed by atoms with Gasteiger partial charge in [-0.15, -0.1) is 0 Å². The van der Waals surface area contributed by atoms with Crippen molar-refractivity contribution in [3.8, 4) is 0 Å². The van der Waals surface area contributed by atoms with E-state index in [1.165, 1.54) is 11.0 Å². The van der Waals surface area contributed by atoms with E-state index in [0.29, 0.717) is 5.56 Å². The van der Waals surface area contributed by atoms with Crippen LogP contribution in [0.5, 0.6) is 0 Å². The van der Waals surface area contributed by atoms with Gasteiger partial charge >= 0.3 is 12.2 Å². The Kier molecular flexibility index (Phi) is 4.77. The molecular weight excluding hydrogens is 361 g/mol. The van der Waals surface area contributed by atoms with E-state index in [1.54, 1.807) is 37.3 Å². The Bertz CT molecular complexity index is 871. The summed E-state index contributed by atoms with van der Waals surface area (Å²) in [6.45, 7) is 1.69. The largest absolute Gasteiger partial charge is 0.433 e. The van der Waals surface area contributed by atoms with Gasteiger partial charge in [0, 0.05) is 6.42 Å². The van der Waals surface area contributed by atoms with Gasteiger partial charge in [-0.3, -0.25) is 9.69 Å². The van der Waals surface area contributed by atoms with Crippen LogP contribution in [0.15, 0.2) is 42.5 Å². The van der Waals surface area contributed by atoms with Crippen LogP contribution in [0, 0.1) is 0 Å². The Balaban J connectivity index is 2.10. The summed E-state index contributed by atoms with van der Waals surface area (Å²) in [5.74, 6) is -0.627. The lowest BCUT2D eigenvalue weighted by molar-refractivity contribution is -0.141. The third-order valence-corrected chi connectivity index (χ3v) is 4.42. The molecule has 1 aliphatic rings. The predicted octanol–water partition coefficient (Wildman–Crippen LogP) is 2.79. The smallest absolute Gasteiger partial charge is 0.352 e. The molecule has 1 aliphatic heterocycles. The highest BCUT2D eigenvalue weighted by atomic mass is 19.4. The topological polar surface area (TPSA) is 88.3 Å². The second-order valence-corrected chi connectivity index (χ2v) is 6.24. The number of nitrogens with one attached hydrogen (secondary N) is 1. The molecule has 0 bridgehead atoms. The van der Waals surface area contributed by atoms with Crippen molar-refractivity contribution >= 4 is 17.8 Å². The van der Waals surface area contributed by atoms with Crippen molar-refractivity contribution in [1.29, 1.82) is 0 Å². The van der Waals surface area contributed by atoms with E-state index in [2.05, 4.69) is 10.3 Å². The fourth-order valence-corrected chi connectivity index (χ4v) is 3.12. The molecule has 2 atom stereocenters. The molecule has 3 amide bonds. The van der Waals surface area contributed by atoms with Crippen LogP contribution in [0.1, 0.15) is 29.8 Å². The molecule has 3 N–H and O–H groups in total. The minimum atomic E-state index is -4.64. The molecule has 0 saturated heterocycles. The molecule has 27 heavy (non-hydrogen) atoms. The first-order valence-corrected chi connectivity index (χ1v) is 8.19. The Hall–Kier alpha value is -3.10. The number of anilines is 1. The maximum Gasteiger partial charge on any atom is 0.433 e. The molecule has 0 spiro atoms. The number of hydrogen-bond acceptors (Lipinski definition) is 3. The molecule has 142 valence electrons. The number of nitrogens with zero attached hydrogens (tertiary/aromatic N) is 2. The monoisotopic (exact) mass is 378 g/mol. The number of benzene rings is 1. The molecule has 1 aromatic heterocycles. The van der Waals surface area contributed by atoms with Gasteiger partial charge < -0.3 is 11.1 Å². The van der Waals surface area contributed by atoms with Gasteiger partial charge in [-0.05, 0) is 24.1 Å². The number of fused-ring (bicyclic) bond motifs is 1. The standard InChI is InChI=1S/C18H17F3N4O2/c1-10(11-5-3-2-4-6-11)25-15-12(7-8-14(24-15)18(19,20)21)9-13(16(25)26)23-17(22)27/h2-8,10,13H,9H2,1H3,(H3,22,23,27)/t10-,13+/m0/s1. The molecule has 0 aliphatic carbocycles. The number of hydrogen-bond donors (Lipinski definition) is 2. The Morgan fingerprint density at radius 1 is 1.26 bits per heavy atom. The average molecular weight is 378 g/mol. The quantitative estimate of drug-likeness (QED) is 0.861. The van der Waals surface area contributed by atoms with E-state index < -0.39 is 35.9 Å². The Morgan fingerprint density at radius 3 is 2.52 bits per heavy atom. The molecule has 6 nitrogen and oxygen atoms in total. The number of carbonyl (C=O) groups excluding carboxylic acids is 2. The molecule has 2 aromatic rings. The van der Waals surface area contributed by atoms with Crippen LogP contribution < -0.4 is 16.0 Å². The normalized spacial score (nSPS) is 18.0. The zero-order valence-corrected chi connectivity index (χ0v) is 14.3. The number of carbonyl (C=O) groups is 2. The van der Waals surface area contributed by atoms with Gasteiger partial charge in [0.05, 0.1) is 6.04 Å². The lowest BCUT2D eigenvalue weighted by atomic mass is 9.96. The van der Waals surface area contributed by atoms with Crippen LogP contribution in [0.2, 0.25) is 0 Å². The van der Waals surface area contributed by atoms with Crippen molar-refractivity contribution in [3.63, 3.8) is 0 Å². The average Bonchev–Trinajstić information content (AvgIpc) is 2.61. The molecule has 3 rings (SSSR count). The first-order chi connectivity index (χ1) is 12.7. The highest BCUT2D eigenvalue weighted by molar-refractivity contribution is 6.01. The van der Waals surface area contributed by atoms with E-state index >= 15 is 0 Å². The van der Waals surface area contributed by atoms with Gasteiger partial charge in [0.1, 0.15) is 17.6 Å². The maximum absolute atomic E-state index is 13.1. The number of amides is 3. The molecule has 0 unspecified atom stereocenters. The SMILES string of the molecule is C[C@@H](c1ccccc1)N1C(=O)[C@H](NC(N)=O)Cc2ccc(C(F)(F)F)nc21. The van der Waals surface area contributed by atoms with Crippen LogP contribution >= 0.6 is 0 Å². The molecule has 0 saturated carbocycles. The highest BCUT2D eigenvalue weighted by Gasteiger charge is 2.40. The number of rotatable bonds is 3. The van der Waals surface area contributed by atoms with Gasteiger partial charge in [0.15, 0.2) is 0 Å². The summed E-state index contributed by atoms with van der Waals surface area (Å²) in [5.41, 5.74) is 5.19.